The number of carbonyl (C=O) groups excluding carboxylic acids is 1. The fourth-order valence-electron chi connectivity index (χ4n) is 4.74. The molecule has 160 valence electrons. The van der Waals surface area contributed by atoms with Crippen molar-refractivity contribution in [1.29, 1.82) is 0 Å². The minimum atomic E-state index is 0.00911. The number of rotatable bonds is 7. The Morgan fingerprint density at radius 1 is 1.14 bits per heavy atom. The van der Waals surface area contributed by atoms with Gasteiger partial charge in [0.25, 0.3) is 0 Å². The quantitative estimate of drug-likeness (QED) is 0.754. The third kappa shape index (κ3) is 5.14. The molecule has 0 spiro atoms. The van der Waals surface area contributed by atoms with Crippen LogP contribution in [0.15, 0.2) is 18.2 Å². The highest BCUT2D eigenvalue weighted by Gasteiger charge is 2.26. The summed E-state index contributed by atoms with van der Waals surface area (Å²) in [7, 11) is 1.56. The van der Waals surface area contributed by atoms with Gasteiger partial charge in [-0.2, -0.15) is 0 Å². The Morgan fingerprint density at radius 3 is 2.69 bits per heavy atom. The first-order valence-corrected chi connectivity index (χ1v) is 10.9. The lowest BCUT2D eigenvalue weighted by Gasteiger charge is -2.37. The third-order valence-electron chi connectivity index (χ3n) is 6.43. The Balaban J connectivity index is 1.16. The van der Waals surface area contributed by atoms with Gasteiger partial charge in [-0.25, -0.2) is 0 Å². The minimum absolute atomic E-state index is 0.00911. The molecule has 3 aliphatic rings. The number of methoxy groups -OCH3 is 1. The van der Waals surface area contributed by atoms with Crippen molar-refractivity contribution < 1.29 is 19.0 Å². The second-order valence-electron chi connectivity index (χ2n) is 8.35. The maximum atomic E-state index is 11.7. The summed E-state index contributed by atoms with van der Waals surface area (Å²) in [5.74, 6) is 2.55. The van der Waals surface area contributed by atoms with Gasteiger partial charge in [0, 0.05) is 39.3 Å². The molecule has 0 bridgehead atoms. The molecule has 1 N–H and O–H groups in total. The number of hydrogen-bond donors (Lipinski definition) is 1. The highest BCUT2D eigenvalue weighted by Crippen LogP contribution is 2.41. The van der Waals surface area contributed by atoms with Crippen LogP contribution in [0.5, 0.6) is 11.5 Å². The van der Waals surface area contributed by atoms with Crippen LogP contribution < -0.4 is 19.7 Å². The Hall–Kier alpha value is -1.99. The number of anilines is 1. The van der Waals surface area contributed by atoms with E-state index in [-0.39, 0.29) is 12.5 Å². The Labute approximate surface area is 173 Å². The van der Waals surface area contributed by atoms with E-state index in [1.54, 1.807) is 7.11 Å². The highest BCUT2D eigenvalue weighted by atomic mass is 16.7. The predicted molar refractivity (Wildman–Crippen MR) is 112 cm³/mol. The molecule has 0 aromatic heterocycles. The summed E-state index contributed by atoms with van der Waals surface area (Å²) in [6.45, 7) is 5.89. The first-order valence-electron chi connectivity index (χ1n) is 10.9. The number of fused-ring (bicyclic) bond motifs is 1. The number of hydrogen-bond acceptors (Lipinski definition) is 6. The first-order chi connectivity index (χ1) is 14.2. The lowest BCUT2D eigenvalue weighted by molar-refractivity contribution is -0.125. The van der Waals surface area contributed by atoms with Gasteiger partial charge < -0.3 is 24.4 Å². The van der Waals surface area contributed by atoms with E-state index in [1.807, 2.05) is 12.1 Å². The van der Waals surface area contributed by atoms with Crippen LogP contribution in [-0.2, 0) is 9.53 Å². The number of amides is 1. The van der Waals surface area contributed by atoms with Crippen molar-refractivity contribution in [3.63, 3.8) is 0 Å². The van der Waals surface area contributed by atoms with Gasteiger partial charge in [0.1, 0.15) is 6.61 Å². The standard InChI is InChI=1S/C22H33N3O4/c1-27-15-21(26)23-18-7-5-17(6-8-18)9-10-24-11-13-25(14-12-24)19-3-2-4-20-22(19)29-16-28-20/h2-4,17-18H,5-16H2,1H3,(H,23,26). The Kier molecular flexibility index (Phi) is 6.77. The lowest BCUT2D eigenvalue weighted by Crippen LogP contribution is -2.47. The average Bonchev–Trinajstić information content (AvgIpc) is 3.23. The van der Waals surface area contributed by atoms with Crippen LogP contribution in [0, 0.1) is 5.92 Å². The summed E-state index contributed by atoms with van der Waals surface area (Å²) in [6.07, 6.45) is 5.87. The minimum Gasteiger partial charge on any atom is -0.454 e. The van der Waals surface area contributed by atoms with E-state index in [4.69, 9.17) is 14.2 Å². The molecule has 4 rings (SSSR count). The molecule has 29 heavy (non-hydrogen) atoms. The molecule has 0 unspecified atom stereocenters. The fraction of sp³-hybridized carbons (Fsp3) is 0.682. The Morgan fingerprint density at radius 2 is 1.93 bits per heavy atom. The van der Waals surface area contributed by atoms with Gasteiger partial charge in [-0.05, 0) is 56.7 Å². The van der Waals surface area contributed by atoms with Crippen molar-refractivity contribution >= 4 is 11.6 Å². The zero-order chi connectivity index (χ0) is 20.1. The molecular formula is C22H33N3O4. The number of benzene rings is 1. The summed E-state index contributed by atoms with van der Waals surface area (Å²) in [5.41, 5.74) is 1.16. The maximum Gasteiger partial charge on any atom is 0.246 e. The van der Waals surface area contributed by atoms with Crippen molar-refractivity contribution in [3.8, 4) is 11.5 Å². The van der Waals surface area contributed by atoms with Crippen LogP contribution >= 0.6 is 0 Å². The second-order valence-corrected chi connectivity index (χ2v) is 8.35. The normalized spacial score (nSPS) is 24.5. The number of para-hydroxylation sites is 1. The molecule has 7 heteroatoms. The predicted octanol–water partition coefficient (Wildman–Crippen LogP) is 2.25. The van der Waals surface area contributed by atoms with E-state index < -0.39 is 0 Å². The molecule has 1 aliphatic carbocycles. The van der Waals surface area contributed by atoms with E-state index in [1.165, 1.54) is 25.8 Å². The van der Waals surface area contributed by atoms with Crippen LogP contribution in [0.4, 0.5) is 5.69 Å². The van der Waals surface area contributed by atoms with Crippen molar-refractivity contribution in [2.45, 2.75) is 38.1 Å². The monoisotopic (exact) mass is 403 g/mol. The van der Waals surface area contributed by atoms with Gasteiger partial charge in [-0.3, -0.25) is 9.69 Å². The van der Waals surface area contributed by atoms with Crippen LogP contribution in [0.2, 0.25) is 0 Å². The summed E-state index contributed by atoms with van der Waals surface area (Å²) < 4.78 is 16.1. The smallest absolute Gasteiger partial charge is 0.246 e. The van der Waals surface area contributed by atoms with Gasteiger partial charge in [-0.15, -0.1) is 0 Å². The van der Waals surface area contributed by atoms with Crippen LogP contribution in [0.3, 0.4) is 0 Å². The van der Waals surface area contributed by atoms with Crippen molar-refractivity contribution in [3.05, 3.63) is 18.2 Å². The van der Waals surface area contributed by atoms with Crippen molar-refractivity contribution in [2.24, 2.45) is 5.92 Å². The summed E-state index contributed by atoms with van der Waals surface area (Å²) in [4.78, 5) is 16.7. The molecular weight excluding hydrogens is 370 g/mol. The lowest BCUT2D eigenvalue weighted by atomic mass is 9.84. The molecule has 1 aromatic rings. The van der Waals surface area contributed by atoms with Gasteiger partial charge in [-0.1, -0.05) is 6.07 Å². The second kappa shape index (κ2) is 9.67. The zero-order valence-electron chi connectivity index (χ0n) is 17.4. The molecule has 2 fully saturated rings. The molecule has 7 nitrogen and oxygen atoms in total. The van der Waals surface area contributed by atoms with E-state index in [0.717, 1.165) is 62.1 Å². The highest BCUT2D eigenvalue weighted by molar-refractivity contribution is 5.77. The van der Waals surface area contributed by atoms with E-state index in [0.29, 0.717) is 12.8 Å². The topological polar surface area (TPSA) is 63.3 Å². The van der Waals surface area contributed by atoms with Crippen LogP contribution in [0.1, 0.15) is 32.1 Å². The zero-order valence-corrected chi connectivity index (χ0v) is 17.4. The number of nitrogens with zero attached hydrogens (tertiary/aromatic N) is 2. The molecule has 1 aromatic carbocycles. The van der Waals surface area contributed by atoms with Crippen molar-refractivity contribution in [2.75, 3.05) is 58.1 Å². The van der Waals surface area contributed by atoms with Gasteiger partial charge in [0.2, 0.25) is 12.7 Å². The number of ether oxygens (including phenoxy) is 3. The molecule has 0 radical (unpaired) electrons. The van der Waals surface area contributed by atoms with E-state index in [9.17, 15) is 4.79 Å². The molecule has 1 saturated carbocycles. The Bertz CT molecular complexity index is 683. The summed E-state index contributed by atoms with van der Waals surface area (Å²) in [6, 6.07) is 6.48. The number of carbonyl (C=O) groups is 1. The maximum absolute atomic E-state index is 11.7. The molecule has 1 amide bonds. The molecule has 2 heterocycles. The third-order valence-corrected chi connectivity index (χ3v) is 6.43. The summed E-state index contributed by atoms with van der Waals surface area (Å²) in [5, 5.41) is 3.08. The largest absolute Gasteiger partial charge is 0.454 e. The van der Waals surface area contributed by atoms with Crippen molar-refractivity contribution in [1.82, 2.24) is 10.2 Å². The van der Waals surface area contributed by atoms with Gasteiger partial charge >= 0.3 is 0 Å². The summed E-state index contributed by atoms with van der Waals surface area (Å²) >= 11 is 0. The fourth-order valence-corrected chi connectivity index (χ4v) is 4.74. The number of nitrogens with one attached hydrogen (secondary N) is 1. The molecule has 0 atom stereocenters. The number of piperazine rings is 1. The molecule has 2 aliphatic heterocycles. The van der Waals surface area contributed by atoms with Crippen LogP contribution in [-0.4, -0.2) is 70.1 Å². The SMILES string of the molecule is COCC(=O)NC1CCC(CCN2CCN(c3cccc4c3OCO4)CC2)CC1. The molecule has 1 saturated heterocycles. The first kappa shape index (κ1) is 20.3. The average molecular weight is 404 g/mol. The van der Waals surface area contributed by atoms with E-state index in [2.05, 4.69) is 21.2 Å². The van der Waals surface area contributed by atoms with Gasteiger partial charge in [0.05, 0.1) is 5.69 Å². The van der Waals surface area contributed by atoms with Crippen LogP contribution in [0.25, 0.3) is 0 Å². The van der Waals surface area contributed by atoms with Gasteiger partial charge in [0.15, 0.2) is 11.5 Å². The van der Waals surface area contributed by atoms with E-state index >= 15 is 0 Å².